The van der Waals surface area contributed by atoms with Gasteiger partial charge in [0.2, 0.25) is 0 Å². The Hall–Kier alpha value is -1.38. The largest absolute Gasteiger partial charge is 0.312 e. The first-order valence-corrected chi connectivity index (χ1v) is 7.07. The van der Waals surface area contributed by atoms with Crippen LogP contribution in [0.4, 0.5) is 4.39 Å². The van der Waals surface area contributed by atoms with E-state index in [1.165, 1.54) is 11.6 Å². The predicted molar refractivity (Wildman–Crippen MR) is 82.6 cm³/mol. The van der Waals surface area contributed by atoms with Gasteiger partial charge in [-0.3, -0.25) is 0 Å². The zero-order chi connectivity index (χ0) is 14.6. The molecule has 0 aliphatic carbocycles. The van der Waals surface area contributed by atoms with Gasteiger partial charge in [-0.15, -0.1) is 0 Å². The highest BCUT2D eigenvalue weighted by atomic mass is 35.5. The summed E-state index contributed by atoms with van der Waals surface area (Å²) in [6.07, 6.45) is 0. The molecule has 0 spiro atoms. The Kier molecular flexibility index (Phi) is 4.79. The van der Waals surface area contributed by atoms with Crippen LogP contribution in [0.5, 0.6) is 0 Å². The van der Waals surface area contributed by atoms with Crippen molar-refractivity contribution >= 4 is 11.6 Å². The lowest BCUT2D eigenvalue weighted by Crippen LogP contribution is -2.32. The van der Waals surface area contributed by atoms with Crippen LogP contribution in [0.2, 0.25) is 5.02 Å². The Labute approximate surface area is 124 Å². The summed E-state index contributed by atoms with van der Waals surface area (Å²) >= 11 is 6.02. The third-order valence-electron chi connectivity index (χ3n) is 3.49. The molecule has 20 heavy (non-hydrogen) atoms. The van der Waals surface area contributed by atoms with Gasteiger partial charge in [-0.25, -0.2) is 4.39 Å². The van der Waals surface area contributed by atoms with Crippen LogP contribution in [0.25, 0.3) is 0 Å². The Morgan fingerprint density at radius 2 is 1.75 bits per heavy atom. The summed E-state index contributed by atoms with van der Waals surface area (Å²) in [6, 6.07) is 15.1. The summed E-state index contributed by atoms with van der Waals surface area (Å²) in [6.45, 7) is 5.51. The number of nitrogens with one attached hydrogen (secondary N) is 1. The predicted octanol–water partition coefficient (Wildman–Crippen LogP) is 4.55. The molecule has 0 amide bonds. The molecule has 3 heteroatoms. The molecule has 0 heterocycles. The second kappa shape index (κ2) is 6.38. The lowest BCUT2D eigenvalue weighted by atomic mass is 9.84. The highest BCUT2D eigenvalue weighted by Crippen LogP contribution is 2.23. The quantitative estimate of drug-likeness (QED) is 0.852. The van der Waals surface area contributed by atoms with Crippen LogP contribution < -0.4 is 5.32 Å². The van der Waals surface area contributed by atoms with Crippen molar-refractivity contribution in [2.45, 2.75) is 25.8 Å². The molecule has 0 radical (unpaired) electrons. The monoisotopic (exact) mass is 291 g/mol. The SMILES string of the molecule is CC(C)(CNCc1c(F)cccc1Cl)c1ccccc1. The highest BCUT2D eigenvalue weighted by Gasteiger charge is 2.20. The van der Waals surface area contributed by atoms with E-state index in [4.69, 9.17) is 11.6 Å². The molecule has 0 saturated carbocycles. The molecule has 0 bridgehead atoms. The molecule has 0 fully saturated rings. The number of benzene rings is 2. The van der Waals surface area contributed by atoms with E-state index in [-0.39, 0.29) is 11.2 Å². The van der Waals surface area contributed by atoms with Gasteiger partial charge in [-0.2, -0.15) is 0 Å². The molecule has 0 aliphatic heterocycles. The standard InChI is InChI=1S/C17H19ClFN/c1-17(2,13-7-4-3-5-8-13)12-20-11-14-15(18)9-6-10-16(14)19/h3-10,20H,11-12H2,1-2H3. The second-order valence-electron chi connectivity index (χ2n) is 5.55. The molecule has 2 aromatic carbocycles. The van der Waals surface area contributed by atoms with Crippen LogP contribution >= 0.6 is 11.6 Å². The van der Waals surface area contributed by atoms with Gasteiger partial charge < -0.3 is 5.32 Å². The molecule has 0 saturated heterocycles. The number of rotatable bonds is 5. The number of hydrogen-bond donors (Lipinski definition) is 1. The minimum Gasteiger partial charge on any atom is -0.312 e. The second-order valence-corrected chi connectivity index (χ2v) is 5.96. The van der Waals surface area contributed by atoms with E-state index in [0.29, 0.717) is 17.1 Å². The molecule has 0 atom stereocenters. The Morgan fingerprint density at radius 3 is 2.40 bits per heavy atom. The van der Waals surface area contributed by atoms with E-state index in [1.807, 2.05) is 18.2 Å². The lowest BCUT2D eigenvalue weighted by Gasteiger charge is -2.26. The van der Waals surface area contributed by atoms with Gasteiger partial charge in [0.15, 0.2) is 0 Å². The Balaban J connectivity index is 1.99. The first kappa shape index (κ1) is 15.0. The Bertz CT molecular complexity index is 546. The van der Waals surface area contributed by atoms with Crippen molar-refractivity contribution in [1.82, 2.24) is 5.32 Å². The van der Waals surface area contributed by atoms with Crippen molar-refractivity contribution in [2.75, 3.05) is 6.54 Å². The lowest BCUT2D eigenvalue weighted by molar-refractivity contribution is 0.464. The molecule has 2 rings (SSSR count). The molecule has 0 unspecified atom stereocenters. The van der Waals surface area contributed by atoms with Crippen molar-refractivity contribution in [3.63, 3.8) is 0 Å². The molecule has 0 aromatic heterocycles. The normalized spacial score (nSPS) is 11.6. The first-order chi connectivity index (χ1) is 9.50. The third kappa shape index (κ3) is 3.59. The summed E-state index contributed by atoms with van der Waals surface area (Å²) in [7, 11) is 0. The number of hydrogen-bond acceptors (Lipinski definition) is 1. The maximum Gasteiger partial charge on any atom is 0.129 e. The average molecular weight is 292 g/mol. The van der Waals surface area contributed by atoms with E-state index in [1.54, 1.807) is 12.1 Å². The summed E-state index contributed by atoms with van der Waals surface area (Å²) in [4.78, 5) is 0. The summed E-state index contributed by atoms with van der Waals surface area (Å²) < 4.78 is 13.7. The van der Waals surface area contributed by atoms with Crippen molar-refractivity contribution in [1.29, 1.82) is 0 Å². The smallest absolute Gasteiger partial charge is 0.129 e. The van der Waals surface area contributed by atoms with Crippen LogP contribution in [0.3, 0.4) is 0 Å². The van der Waals surface area contributed by atoms with Gasteiger partial charge in [0, 0.05) is 29.1 Å². The van der Waals surface area contributed by atoms with Gasteiger partial charge in [-0.05, 0) is 17.7 Å². The first-order valence-electron chi connectivity index (χ1n) is 6.70. The van der Waals surface area contributed by atoms with Gasteiger partial charge in [0.1, 0.15) is 5.82 Å². The summed E-state index contributed by atoms with van der Waals surface area (Å²) in [5.41, 5.74) is 1.77. The van der Waals surface area contributed by atoms with E-state index in [2.05, 4.69) is 31.3 Å². The molecular formula is C17H19ClFN. The molecule has 106 valence electrons. The highest BCUT2D eigenvalue weighted by molar-refractivity contribution is 6.31. The third-order valence-corrected chi connectivity index (χ3v) is 3.84. The topological polar surface area (TPSA) is 12.0 Å². The fourth-order valence-electron chi connectivity index (χ4n) is 2.19. The van der Waals surface area contributed by atoms with Gasteiger partial charge in [0.05, 0.1) is 0 Å². The molecule has 0 aliphatic rings. The van der Waals surface area contributed by atoms with Gasteiger partial charge in [-0.1, -0.05) is 61.8 Å². The number of halogens is 2. The summed E-state index contributed by atoms with van der Waals surface area (Å²) in [5.74, 6) is -0.262. The fraction of sp³-hybridized carbons (Fsp3) is 0.294. The van der Waals surface area contributed by atoms with Crippen molar-refractivity contribution in [3.8, 4) is 0 Å². The van der Waals surface area contributed by atoms with Crippen LogP contribution in [-0.4, -0.2) is 6.54 Å². The minimum atomic E-state index is -0.262. The zero-order valence-electron chi connectivity index (χ0n) is 11.8. The Morgan fingerprint density at radius 1 is 1.05 bits per heavy atom. The van der Waals surface area contributed by atoms with E-state index < -0.39 is 0 Å². The van der Waals surface area contributed by atoms with Crippen molar-refractivity contribution in [2.24, 2.45) is 0 Å². The maximum absolute atomic E-state index is 13.7. The maximum atomic E-state index is 13.7. The molecule has 1 nitrogen and oxygen atoms in total. The van der Waals surface area contributed by atoms with Gasteiger partial charge in [0.25, 0.3) is 0 Å². The van der Waals surface area contributed by atoms with Crippen LogP contribution in [0.1, 0.15) is 25.0 Å². The van der Waals surface area contributed by atoms with Crippen molar-refractivity contribution < 1.29 is 4.39 Å². The zero-order valence-corrected chi connectivity index (χ0v) is 12.5. The average Bonchev–Trinajstić information content (AvgIpc) is 2.43. The van der Waals surface area contributed by atoms with Crippen molar-refractivity contribution in [3.05, 3.63) is 70.5 Å². The molecule has 2 aromatic rings. The van der Waals surface area contributed by atoms with E-state index in [9.17, 15) is 4.39 Å². The van der Waals surface area contributed by atoms with Crippen LogP contribution in [0, 0.1) is 5.82 Å². The molecular weight excluding hydrogens is 273 g/mol. The fourth-order valence-corrected chi connectivity index (χ4v) is 2.42. The van der Waals surface area contributed by atoms with Crippen LogP contribution in [-0.2, 0) is 12.0 Å². The summed E-state index contributed by atoms with van der Waals surface area (Å²) in [5, 5.41) is 3.77. The molecule has 1 N–H and O–H groups in total. The van der Waals surface area contributed by atoms with E-state index >= 15 is 0 Å². The van der Waals surface area contributed by atoms with Crippen LogP contribution in [0.15, 0.2) is 48.5 Å². The minimum absolute atomic E-state index is 0.0149. The van der Waals surface area contributed by atoms with Gasteiger partial charge >= 0.3 is 0 Å². The van der Waals surface area contributed by atoms with E-state index in [0.717, 1.165) is 6.54 Å².